The monoisotopic (exact) mass is 282 g/mol. The van der Waals surface area contributed by atoms with E-state index in [1.165, 1.54) is 31.2 Å². The number of rotatable bonds is 6. The fraction of sp³-hybridized carbons (Fsp3) is 0.429. The normalized spacial score (nSPS) is 10.8. The Bertz CT molecular complexity index is 464. The van der Waals surface area contributed by atoms with Gasteiger partial charge in [-0.2, -0.15) is 0 Å². The van der Waals surface area contributed by atoms with Crippen LogP contribution in [0.1, 0.15) is 20.8 Å². The molecule has 0 amide bonds. The zero-order chi connectivity index (χ0) is 15.2. The van der Waals surface area contributed by atoms with Crippen molar-refractivity contribution >= 4 is 11.9 Å². The Labute approximate surface area is 117 Å². The Morgan fingerprint density at radius 2 is 1.70 bits per heavy atom. The number of esters is 2. The maximum absolute atomic E-state index is 12.0. The Hall–Kier alpha value is -2.24. The van der Waals surface area contributed by atoms with Gasteiger partial charge in [-0.15, -0.1) is 0 Å². The van der Waals surface area contributed by atoms with Crippen LogP contribution in [0, 0.1) is 0 Å². The molecule has 1 rings (SSSR count). The zero-order valence-electron chi connectivity index (χ0n) is 11.7. The first-order valence-electron chi connectivity index (χ1n) is 6.26. The molecule has 0 aliphatic carbocycles. The molecule has 110 valence electrons. The molecule has 0 bridgehead atoms. The largest absolute Gasteiger partial charge is 0.508 e. The van der Waals surface area contributed by atoms with Gasteiger partial charge in [-0.3, -0.25) is 0 Å². The van der Waals surface area contributed by atoms with Gasteiger partial charge in [0.05, 0.1) is 13.2 Å². The molecular formula is C14H18O6. The first-order valence-corrected chi connectivity index (χ1v) is 6.26. The van der Waals surface area contributed by atoms with Crippen LogP contribution in [0.15, 0.2) is 24.3 Å². The molecule has 0 aliphatic heterocycles. The fourth-order valence-corrected chi connectivity index (χ4v) is 1.49. The molecule has 0 radical (unpaired) electrons. The van der Waals surface area contributed by atoms with Gasteiger partial charge in [0.2, 0.25) is 0 Å². The lowest BCUT2D eigenvalue weighted by molar-refractivity contribution is -0.177. The molecule has 20 heavy (non-hydrogen) atoms. The summed E-state index contributed by atoms with van der Waals surface area (Å²) in [4.78, 5) is 23.9. The maximum atomic E-state index is 12.0. The topological polar surface area (TPSA) is 82.1 Å². The third-order valence-corrected chi connectivity index (χ3v) is 2.47. The highest BCUT2D eigenvalue weighted by Gasteiger charge is 2.47. The summed E-state index contributed by atoms with van der Waals surface area (Å²) in [6, 6.07) is 5.77. The molecule has 6 heteroatoms. The van der Waals surface area contributed by atoms with Crippen LogP contribution in [0.4, 0.5) is 0 Å². The van der Waals surface area contributed by atoms with Crippen molar-refractivity contribution in [2.24, 2.45) is 0 Å². The minimum Gasteiger partial charge on any atom is -0.508 e. The summed E-state index contributed by atoms with van der Waals surface area (Å²) >= 11 is 0. The molecule has 0 spiro atoms. The second-order valence-electron chi connectivity index (χ2n) is 4.07. The van der Waals surface area contributed by atoms with Crippen LogP contribution in [0.25, 0.3) is 0 Å². The van der Waals surface area contributed by atoms with Crippen LogP contribution >= 0.6 is 0 Å². The van der Waals surface area contributed by atoms with Gasteiger partial charge in [-0.25, -0.2) is 9.59 Å². The predicted octanol–water partition coefficient (Wildman–Crippen LogP) is 1.66. The minimum atomic E-state index is -1.92. The van der Waals surface area contributed by atoms with Crippen LogP contribution in [0.3, 0.4) is 0 Å². The molecule has 1 aromatic rings. The predicted molar refractivity (Wildman–Crippen MR) is 70.4 cm³/mol. The average Bonchev–Trinajstić information content (AvgIpc) is 2.39. The van der Waals surface area contributed by atoms with Crippen molar-refractivity contribution in [2.75, 3.05) is 13.2 Å². The third-order valence-electron chi connectivity index (χ3n) is 2.47. The zero-order valence-corrected chi connectivity index (χ0v) is 11.7. The summed E-state index contributed by atoms with van der Waals surface area (Å²) < 4.78 is 15.1. The van der Waals surface area contributed by atoms with Crippen molar-refractivity contribution < 1.29 is 28.9 Å². The summed E-state index contributed by atoms with van der Waals surface area (Å²) in [7, 11) is 0. The first kappa shape index (κ1) is 15.8. The fourth-order valence-electron chi connectivity index (χ4n) is 1.49. The van der Waals surface area contributed by atoms with Crippen LogP contribution in [-0.4, -0.2) is 35.9 Å². The minimum absolute atomic E-state index is 0.0439. The van der Waals surface area contributed by atoms with Gasteiger partial charge in [0.25, 0.3) is 5.60 Å². The standard InChI is InChI=1S/C14H18O6/c1-4-18-12(16)14(3,13(17)19-5-2)20-11-8-6-7-10(15)9-11/h6-9,15H,4-5H2,1-3H3. The van der Waals surface area contributed by atoms with Gasteiger partial charge in [0, 0.05) is 6.07 Å². The van der Waals surface area contributed by atoms with Gasteiger partial charge in [0.15, 0.2) is 0 Å². The highest BCUT2D eigenvalue weighted by atomic mass is 16.6. The van der Waals surface area contributed by atoms with Crippen molar-refractivity contribution in [3.63, 3.8) is 0 Å². The van der Waals surface area contributed by atoms with E-state index in [4.69, 9.17) is 14.2 Å². The number of phenolic OH excluding ortho intramolecular Hbond substituents is 1. The van der Waals surface area contributed by atoms with Crippen molar-refractivity contribution in [1.29, 1.82) is 0 Å². The molecule has 1 N–H and O–H groups in total. The van der Waals surface area contributed by atoms with Crippen molar-refractivity contribution in [2.45, 2.75) is 26.4 Å². The SMILES string of the molecule is CCOC(=O)C(C)(Oc1cccc(O)c1)C(=O)OCC. The lowest BCUT2D eigenvalue weighted by atomic mass is 10.1. The van der Waals surface area contributed by atoms with Crippen LogP contribution in [0.5, 0.6) is 11.5 Å². The first-order chi connectivity index (χ1) is 9.43. The Morgan fingerprint density at radius 3 is 2.15 bits per heavy atom. The van der Waals surface area contributed by atoms with Crippen molar-refractivity contribution in [1.82, 2.24) is 0 Å². The van der Waals surface area contributed by atoms with Crippen LogP contribution in [0.2, 0.25) is 0 Å². The van der Waals surface area contributed by atoms with Gasteiger partial charge in [0.1, 0.15) is 11.5 Å². The lowest BCUT2D eigenvalue weighted by Gasteiger charge is -2.26. The quantitative estimate of drug-likeness (QED) is 0.631. The molecular weight excluding hydrogens is 264 g/mol. The maximum Gasteiger partial charge on any atom is 0.362 e. The number of ether oxygens (including phenoxy) is 3. The van der Waals surface area contributed by atoms with E-state index < -0.39 is 17.5 Å². The molecule has 0 heterocycles. The molecule has 0 unspecified atom stereocenters. The molecule has 0 aliphatic rings. The number of phenols is 1. The highest BCUT2D eigenvalue weighted by Crippen LogP contribution is 2.24. The number of carbonyl (C=O) groups is 2. The van der Waals surface area contributed by atoms with E-state index >= 15 is 0 Å². The molecule has 0 saturated carbocycles. The molecule has 1 aromatic carbocycles. The number of carbonyl (C=O) groups excluding carboxylic acids is 2. The van der Waals surface area contributed by atoms with Crippen LogP contribution in [-0.2, 0) is 19.1 Å². The number of hydrogen-bond donors (Lipinski definition) is 1. The molecule has 0 saturated heterocycles. The second-order valence-corrected chi connectivity index (χ2v) is 4.07. The van der Waals surface area contributed by atoms with E-state index in [2.05, 4.69) is 0 Å². The van der Waals surface area contributed by atoms with Crippen molar-refractivity contribution in [3.05, 3.63) is 24.3 Å². The van der Waals surface area contributed by atoms with E-state index in [9.17, 15) is 14.7 Å². The Kier molecular flexibility index (Phi) is 5.37. The van der Waals surface area contributed by atoms with Gasteiger partial charge in [-0.1, -0.05) is 6.07 Å². The van der Waals surface area contributed by atoms with Gasteiger partial charge < -0.3 is 19.3 Å². The van der Waals surface area contributed by atoms with Crippen LogP contribution < -0.4 is 4.74 Å². The summed E-state index contributed by atoms with van der Waals surface area (Å²) in [6.07, 6.45) is 0. The van der Waals surface area contributed by atoms with Gasteiger partial charge in [-0.05, 0) is 32.9 Å². The highest BCUT2D eigenvalue weighted by molar-refractivity contribution is 6.03. The summed E-state index contributed by atoms with van der Waals surface area (Å²) in [5, 5.41) is 9.38. The number of hydrogen-bond acceptors (Lipinski definition) is 6. The van der Waals surface area contributed by atoms with Gasteiger partial charge >= 0.3 is 11.9 Å². The number of aromatic hydroxyl groups is 1. The number of benzene rings is 1. The molecule has 0 atom stereocenters. The molecule has 0 fully saturated rings. The second kappa shape index (κ2) is 6.79. The summed E-state index contributed by atoms with van der Waals surface area (Å²) in [6.45, 7) is 4.73. The third kappa shape index (κ3) is 3.63. The molecule has 6 nitrogen and oxygen atoms in total. The van der Waals surface area contributed by atoms with E-state index in [1.54, 1.807) is 13.8 Å². The smallest absolute Gasteiger partial charge is 0.362 e. The van der Waals surface area contributed by atoms with E-state index in [0.717, 1.165) is 0 Å². The van der Waals surface area contributed by atoms with E-state index in [1.807, 2.05) is 0 Å². The average molecular weight is 282 g/mol. The Morgan fingerprint density at radius 1 is 1.15 bits per heavy atom. The van der Waals surface area contributed by atoms with Crippen molar-refractivity contribution in [3.8, 4) is 11.5 Å². The summed E-state index contributed by atoms with van der Waals surface area (Å²) in [5.41, 5.74) is -1.92. The summed E-state index contributed by atoms with van der Waals surface area (Å²) in [5.74, 6) is -1.57. The molecule has 0 aromatic heterocycles. The Balaban J connectivity index is 3.04. The van der Waals surface area contributed by atoms with E-state index in [0.29, 0.717) is 0 Å². The van der Waals surface area contributed by atoms with E-state index in [-0.39, 0.29) is 24.7 Å². The lowest BCUT2D eigenvalue weighted by Crippen LogP contribution is -2.51.